The van der Waals surface area contributed by atoms with Crippen molar-refractivity contribution in [3.8, 4) is 17.5 Å². The first-order valence-electron chi connectivity index (χ1n) is 9.24. The van der Waals surface area contributed by atoms with E-state index in [1.807, 2.05) is 30.5 Å². The molecule has 1 aliphatic heterocycles. The lowest BCUT2D eigenvalue weighted by Gasteiger charge is -2.34. The molecule has 1 N–H and O–H groups in total. The number of rotatable bonds is 4. The highest BCUT2D eigenvalue weighted by molar-refractivity contribution is 5.57. The summed E-state index contributed by atoms with van der Waals surface area (Å²) in [6.45, 7) is 3.14. The van der Waals surface area contributed by atoms with Gasteiger partial charge in [0.15, 0.2) is 0 Å². The van der Waals surface area contributed by atoms with Crippen molar-refractivity contribution < 1.29 is 4.52 Å². The quantitative estimate of drug-likeness (QED) is 0.761. The first-order chi connectivity index (χ1) is 13.3. The fraction of sp³-hybridized carbons (Fsp3) is 0.333. The Bertz CT molecular complexity index is 946. The molecule has 6 heteroatoms. The highest BCUT2D eigenvalue weighted by Gasteiger charge is 2.35. The van der Waals surface area contributed by atoms with Gasteiger partial charge in [-0.1, -0.05) is 30.3 Å². The van der Waals surface area contributed by atoms with E-state index in [1.54, 1.807) is 12.1 Å². The van der Waals surface area contributed by atoms with Crippen LogP contribution in [0.25, 0.3) is 11.4 Å². The molecule has 3 heterocycles. The molecule has 1 fully saturated rings. The number of pyridine rings is 1. The molecule has 0 aliphatic carbocycles. The number of benzene rings is 1. The maximum absolute atomic E-state index is 9.09. The summed E-state index contributed by atoms with van der Waals surface area (Å²) in [7, 11) is 0. The SMILES string of the molecule is CC(c1ccccn1)C1CCCNC1c1nc(-c2cccc(C#N)c2)no1. The number of aromatic nitrogens is 3. The zero-order valence-electron chi connectivity index (χ0n) is 15.2. The van der Waals surface area contributed by atoms with Crippen molar-refractivity contribution in [2.75, 3.05) is 6.54 Å². The Morgan fingerprint density at radius 1 is 1.26 bits per heavy atom. The first-order valence-corrected chi connectivity index (χ1v) is 9.24. The molecule has 3 unspecified atom stereocenters. The fourth-order valence-electron chi connectivity index (χ4n) is 3.79. The number of nitrogens with zero attached hydrogens (tertiary/aromatic N) is 4. The molecule has 0 bridgehead atoms. The first kappa shape index (κ1) is 17.4. The number of piperidine rings is 1. The Labute approximate surface area is 158 Å². The monoisotopic (exact) mass is 359 g/mol. The van der Waals surface area contributed by atoms with Crippen molar-refractivity contribution >= 4 is 0 Å². The fourth-order valence-corrected chi connectivity index (χ4v) is 3.79. The molecule has 0 saturated carbocycles. The topological polar surface area (TPSA) is 87.6 Å². The van der Waals surface area contributed by atoms with Gasteiger partial charge in [-0.2, -0.15) is 10.2 Å². The van der Waals surface area contributed by atoms with Crippen LogP contribution in [0.5, 0.6) is 0 Å². The predicted molar refractivity (Wildman–Crippen MR) is 101 cm³/mol. The largest absolute Gasteiger partial charge is 0.337 e. The van der Waals surface area contributed by atoms with E-state index in [1.165, 1.54) is 0 Å². The standard InChI is InChI=1S/C21H21N5O/c1-14(18-9-2-3-10-23-18)17-8-5-11-24-19(17)21-25-20(26-27-21)16-7-4-6-15(12-16)13-22/h2-4,6-7,9-10,12,14,17,19,24H,5,8,11H2,1H3. The lowest BCUT2D eigenvalue weighted by atomic mass is 9.79. The van der Waals surface area contributed by atoms with Crippen LogP contribution in [-0.4, -0.2) is 21.7 Å². The molecule has 1 aromatic carbocycles. The molecule has 0 spiro atoms. The molecule has 0 radical (unpaired) electrons. The van der Waals surface area contributed by atoms with Gasteiger partial charge in [-0.15, -0.1) is 0 Å². The summed E-state index contributed by atoms with van der Waals surface area (Å²) in [5, 5.41) is 16.8. The summed E-state index contributed by atoms with van der Waals surface area (Å²) < 4.78 is 5.62. The van der Waals surface area contributed by atoms with Crippen molar-refractivity contribution in [3.05, 3.63) is 65.8 Å². The molecule has 2 aromatic heterocycles. The molecule has 1 aliphatic rings. The van der Waals surface area contributed by atoms with Gasteiger partial charge in [0, 0.05) is 23.4 Å². The van der Waals surface area contributed by atoms with Gasteiger partial charge in [-0.25, -0.2) is 0 Å². The average molecular weight is 359 g/mol. The van der Waals surface area contributed by atoms with Gasteiger partial charge in [0.2, 0.25) is 11.7 Å². The highest BCUT2D eigenvalue weighted by atomic mass is 16.5. The van der Waals surface area contributed by atoms with Crippen molar-refractivity contribution in [1.29, 1.82) is 5.26 Å². The summed E-state index contributed by atoms with van der Waals surface area (Å²) in [6.07, 6.45) is 4.03. The summed E-state index contributed by atoms with van der Waals surface area (Å²) in [4.78, 5) is 9.16. The lowest BCUT2D eigenvalue weighted by molar-refractivity contribution is 0.202. The molecule has 27 heavy (non-hydrogen) atoms. The van der Waals surface area contributed by atoms with E-state index in [4.69, 9.17) is 9.78 Å². The van der Waals surface area contributed by atoms with E-state index in [2.05, 4.69) is 39.5 Å². The zero-order chi connectivity index (χ0) is 18.6. The number of hydrogen-bond donors (Lipinski definition) is 1. The Kier molecular flexibility index (Phi) is 4.95. The van der Waals surface area contributed by atoms with Crippen LogP contribution in [-0.2, 0) is 0 Å². The second-order valence-electron chi connectivity index (χ2n) is 6.93. The van der Waals surface area contributed by atoms with Crippen molar-refractivity contribution in [1.82, 2.24) is 20.4 Å². The van der Waals surface area contributed by atoms with Crippen molar-refractivity contribution in [2.45, 2.75) is 31.7 Å². The van der Waals surface area contributed by atoms with Gasteiger partial charge in [-0.3, -0.25) is 4.98 Å². The van der Waals surface area contributed by atoms with E-state index in [-0.39, 0.29) is 12.0 Å². The molecule has 3 aromatic rings. The second kappa shape index (κ2) is 7.68. The van der Waals surface area contributed by atoms with Crippen LogP contribution in [0.15, 0.2) is 53.2 Å². The maximum Gasteiger partial charge on any atom is 0.244 e. The van der Waals surface area contributed by atoms with Gasteiger partial charge >= 0.3 is 0 Å². The van der Waals surface area contributed by atoms with Crippen LogP contribution in [0.2, 0.25) is 0 Å². The summed E-state index contributed by atoms with van der Waals surface area (Å²) in [5.41, 5.74) is 2.45. The number of nitrogens with one attached hydrogen (secondary N) is 1. The molecule has 1 saturated heterocycles. The van der Waals surface area contributed by atoms with Crippen LogP contribution in [0.4, 0.5) is 0 Å². The second-order valence-corrected chi connectivity index (χ2v) is 6.93. The molecule has 136 valence electrons. The summed E-state index contributed by atoms with van der Waals surface area (Å²) >= 11 is 0. The van der Waals surface area contributed by atoms with Crippen molar-refractivity contribution in [3.63, 3.8) is 0 Å². The number of nitriles is 1. The van der Waals surface area contributed by atoms with Crippen LogP contribution >= 0.6 is 0 Å². The molecular weight excluding hydrogens is 338 g/mol. The Balaban J connectivity index is 1.61. The molecule has 6 nitrogen and oxygen atoms in total. The number of hydrogen-bond acceptors (Lipinski definition) is 6. The van der Waals surface area contributed by atoms with Crippen LogP contribution in [0.1, 0.15) is 48.9 Å². The van der Waals surface area contributed by atoms with Gasteiger partial charge < -0.3 is 9.84 Å². The van der Waals surface area contributed by atoms with Gasteiger partial charge in [0.05, 0.1) is 17.7 Å². The van der Waals surface area contributed by atoms with Gasteiger partial charge in [-0.05, 0) is 49.6 Å². The third-order valence-corrected chi connectivity index (χ3v) is 5.26. The van der Waals surface area contributed by atoms with Crippen LogP contribution in [0, 0.1) is 17.2 Å². The predicted octanol–water partition coefficient (Wildman–Crippen LogP) is 3.85. The third kappa shape index (κ3) is 3.60. The highest BCUT2D eigenvalue weighted by Crippen LogP contribution is 2.38. The zero-order valence-corrected chi connectivity index (χ0v) is 15.2. The van der Waals surface area contributed by atoms with Crippen LogP contribution < -0.4 is 5.32 Å². The Morgan fingerprint density at radius 2 is 2.19 bits per heavy atom. The molecule has 3 atom stereocenters. The van der Waals surface area contributed by atoms with Crippen molar-refractivity contribution in [2.24, 2.45) is 5.92 Å². The normalized spacial score (nSPS) is 20.7. The minimum absolute atomic E-state index is 0.00356. The van der Waals surface area contributed by atoms with Gasteiger partial charge in [0.25, 0.3) is 0 Å². The van der Waals surface area contributed by atoms with E-state index in [9.17, 15) is 0 Å². The minimum atomic E-state index is -0.00356. The lowest BCUT2D eigenvalue weighted by Crippen LogP contribution is -2.37. The Hall–Kier alpha value is -3.04. The summed E-state index contributed by atoms with van der Waals surface area (Å²) in [6, 6.07) is 15.4. The van der Waals surface area contributed by atoms with Gasteiger partial charge in [0.1, 0.15) is 0 Å². The van der Waals surface area contributed by atoms with Crippen LogP contribution in [0.3, 0.4) is 0 Å². The molecule has 4 rings (SSSR count). The molecular formula is C21H21N5O. The smallest absolute Gasteiger partial charge is 0.244 e. The average Bonchev–Trinajstić information content (AvgIpc) is 3.24. The van der Waals surface area contributed by atoms with E-state index in [0.29, 0.717) is 23.2 Å². The van der Waals surface area contributed by atoms with E-state index >= 15 is 0 Å². The Morgan fingerprint density at radius 3 is 3.00 bits per heavy atom. The van der Waals surface area contributed by atoms with E-state index in [0.717, 1.165) is 30.6 Å². The molecule has 0 amide bonds. The summed E-state index contributed by atoms with van der Waals surface area (Å²) in [5.74, 6) is 1.72. The van der Waals surface area contributed by atoms with E-state index < -0.39 is 0 Å². The third-order valence-electron chi connectivity index (χ3n) is 5.26. The maximum atomic E-state index is 9.09. The minimum Gasteiger partial charge on any atom is -0.337 e.